The lowest BCUT2D eigenvalue weighted by molar-refractivity contribution is -0.146. The largest absolute Gasteiger partial charge is 0.480 e. The Balaban J connectivity index is 4.13. The molecule has 218 valence electrons. The Bertz CT molecular complexity index is 820. The molecule has 0 saturated heterocycles. The number of unbranched alkanes of at least 4 members (excludes halogenated alkanes) is 4. The van der Waals surface area contributed by atoms with Gasteiger partial charge in [-0.15, -0.1) is 0 Å². The van der Waals surface area contributed by atoms with Crippen LogP contribution in [0.3, 0.4) is 0 Å². The van der Waals surface area contributed by atoms with Crippen LogP contribution in [0.5, 0.6) is 0 Å². The van der Waals surface area contributed by atoms with Gasteiger partial charge >= 0.3 is 11.9 Å². The van der Waals surface area contributed by atoms with Crippen LogP contribution >= 0.6 is 0 Å². The summed E-state index contributed by atoms with van der Waals surface area (Å²) in [4.78, 5) is 34.3. The van der Waals surface area contributed by atoms with E-state index in [4.69, 9.17) is 9.84 Å². The third-order valence-electron chi connectivity index (χ3n) is 5.61. The van der Waals surface area contributed by atoms with Gasteiger partial charge in [0.2, 0.25) is 5.91 Å². The highest BCUT2D eigenvalue weighted by Crippen LogP contribution is 2.12. The molecule has 0 saturated carbocycles. The fourth-order valence-corrected chi connectivity index (χ4v) is 3.50. The lowest BCUT2D eigenvalue weighted by Gasteiger charge is -2.14. The first-order valence-electron chi connectivity index (χ1n) is 14.6. The number of esters is 1. The van der Waals surface area contributed by atoms with Gasteiger partial charge in [0, 0.05) is 6.42 Å². The van der Waals surface area contributed by atoms with Gasteiger partial charge in [-0.1, -0.05) is 99.9 Å². The molecule has 6 heteroatoms. The Hall–Kier alpha value is -3.15. The van der Waals surface area contributed by atoms with Crippen LogP contribution in [0, 0.1) is 0 Å². The molecule has 39 heavy (non-hydrogen) atoms. The molecule has 1 amide bonds. The maximum absolute atomic E-state index is 12.3. The van der Waals surface area contributed by atoms with Crippen molar-refractivity contribution in [3.05, 3.63) is 72.9 Å². The maximum Gasteiger partial charge on any atom is 0.322 e. The van der Waals surface area contributed by atoms with Crippen LogP contribution in [-0.4, -0.2) is 35.6 Å². The number of nitrogens with one attached hydrogen (secondary N) is 1. The SMILES string of the molecule is CC/C=C\C/C=C\C/C=C\C/C=C\C/C=C\CC(=O)OC(/C=C\CCC)CCCCCCC(=O)NCC(=O)O. The smallest absolute Gasteiger partial charge is 0.322 e. The van der Waals surface area contributed by atoms with Gasteiger partial charge in [-0.05, 0) is 63.9 Å². The van der Waals surface area contributed by atoms with Crippen molar-refractivity contribution in [3.63, 3.8) is 0 Å². The third kappa shape index (κ3) is 27.7. The first kappa shape index (κ1) is 35.9. The molecule has 0 aromatic carbocycles. The molecule has 2 N–H and O–H groups in total. The summed E-state index contributed by atoms with van der Waals surface area (Å²) < 4.78 is 5.68. The van der Waals surface area contributed by atoms with E-state index in [0.29, 0.717) is 12.8 Å². The number of hydrogen-bond donors (Lipinski definition) is 2. The predicted molar refractivity (Wildman–Crippen MR) is 161 cm³/mol. The fraction of sp³-hybridized carbons (Fsp3) is 0.545. The minimum absolute atomic E-state index is 0.224. The van der Waals surface area contributed by atoms with E-state index in [-0.39, 0.29) is 30.9 Å². The Morgan fingerprint density at radius 3 is 1.87 bits per heavy atom. The van der Waals surface area contributed by atoms with Gasteiger partial charge in [0.05, 0.1) is 6.42 Å². The Morgan fingerprint density at radius 2 is 1.31 bits per heavy atom. The van der Waals surface area contributed by atoms with Gasteiger partial charge < -0.3 is 15.2 Å². The normalized spacial score (nSPS) is 13.1. The van der Waals surface area contributed by atoms with Crippen LogP contribution in [0.1, 0.15) is 104 Å². The average Bonchev–Trinajstić information content (AvgIpc) is 2.91. The van der Waals surface area contributed by atoms with E-state index in [1.54, 1.807) is 0 Å². The molecule has 0 radical (unpaired) electrons. The molecule has 1 atom stereocenters. The minimum Gasteiger partial charge on any atom is -0.480 e. The van der Waals surface area contributed by atoms with E-state index in [2.05, 4.69) is 73.8 Å². The molecule has 0 aromatic heterocycles. The molecule has 6 nitrogen and oxygen atoms in total. The highest BCUT2D eigenvalue weighted by molar-refractivity contribution is 5.80. The summed E-state index contributed by atoms with van der Waals surface area (Å²) in [6, 6.07) is 0. The van der Waals surface area contributed by atoms with Crippen LogP contribution < -0.4 is 5.32 Å². The standard InChI is InChI=1S/C33H51NO5/c1-3-5-7-8-9-10-11-12-13-14-15-16-17-18-24-28-33(38)39-30(25-21-6-4-2)26-22-19-20-23-27-31(35)34-29-32(36)37/h5,7,9-10,12-13,15-16,18,21,24-25,30H,3-4,6,8,11,14,17,19-20,22-23,26-29H2,1-2H3,(H,34,35)(H,36,37)/b7-5-,10-9-,13-12-,16-15-,24-18-,25-21-. The summed E-state index contributed by atoms with van der Waals surface area (Å²) in [7, 11) is 0. The molecule has 0 heterocycles. The third-order valence-corrected chi connectivity index (χ3v) is 5.61. The monoisotopic (exact) mass is 541 g/mol. The van der Waals surface area contributed by atoms with E-state index in [1.807, 2.05) is 18.2 Å². The van der Waals surface area contributed by atoms with Crippen molar-refractivity contribution in [3.8, 4) is 0 Å². The van der Waals surface area contributed by atoms with Gasteiger partial charge in [0.15, 0.2) is 0 Å². The molecule has 0 fully saturated rings. The number of carbonyl (C=O) groups excluding carboxylic acids is 2. The Labute approximate surface area is 236 Å². The topological polar surface area (TPSA) is 92.7 Å². The first-order chi connectivity index (χ1) is 19.0. The molecular formula is C33H51NO5. The lowest BCUT2D eigenvalue weighted by Crippen LogP contribution is -2.28. The van der Waals surface area contributed by atoms with Crippen LogP contribution in [0.4, 0.5) is 0 Å². The van der Waals surface area contributed by atoms with Gasteiger partial charge in [-0.2, -0.15) is 0 Å². The van der Waals surface area contributed by atoms with Crippen molar-refractivity contribution in [2.24, 2.45) is 0 Å². The van der Waals surface area contributed by atoms with Gasteiger partial charge in [-0.3, -0.25) is 14.4 Å². The second kappa shape index (κ2) is 27.9. The minimum atomic E-state index is -1.04. The summed E-state index contributed by atoms with van der Waals surface area (Å²) in [6.45, 7) is 3.91. The summed E-state index contributed by atoms with van der Waals surface area (Å²) in [5.74, 6) is -1.50. The zero-order chi connectivity index (χ0) is 28.8. The number of carboxylic acids is 1. The molecule has 1 unspecified atom stereocenters. The number of allylic oxidation sites excluding steroid dienone is 10. The second-order valence-electron chi connectivity index (χ2n) is 9.28. The zero-order valence-electron chi connectivity index (χ0n) is 24.2. The molecular weight excluding hydrogens is 490 g/mol. The van der Waals surface area contributed by atoms with Crippen molar-refractivity contribution in [2.75, 3.05) is 6.54 Å². The number of rotatable bonds is 24. The number of carboxylic acid groups (broad SMARTS) is 1. The van der Waals surface area contributed by atoms with Crippen LogP contribution in [0.15, 0.2) is 72.9 Å². The molecule has 0 aromatic rings. The maximum atomic E-state index is 12.3. The molecule has 0 bridgehead atoms. The molecule has 0 aliphatic carbocycles. The molecule has 0 aliphatic rings. The Kier molecular flexibility index (Phi) is 25.6. The predicted octanol–water partition coefficient (Wildman–Crippen LogP) is 7.94. The fourth-order valence-electron chi connectivity index (χ4n) is 3.50. The van der Waals surface area contributed by atoms with E-state index < -0.39 is 5.97 Å². The molecule has 0 rings (SSSR count). The number of hydrogen-bond acceptors (Lipinski definition) is 4. The first-order valence-corrected chi connectivity index (χ1v) is 14.6. The van der Waals surface area contributed by atoms with Gasteiger partial charge in [-0.25, -0.2) is 0 Å². The highest BCUT2D eigenvalue weighted by Gasteiger charge is 2.10. The van der Waals surface area contributed by atoms with Crippen molar-refractivity contribution < 1.29 is 24.2 Å². The van der Waals surface area contributed by atoms with Gasteiger partial charge in [0.1, 0.15) is 12.6 Å². The Morgan fingerprint density at radius 1 is 0.744 bits per heavy atom. The number of amides is 1. The van der Waals surface area contributed by atoms with Crippen molar-refractivity contribution >= 4 is 17.8 Å². The molecule has 0 spiro atoms. The van der Waals surface area contributed by atoms with E-state index in [9.17, 15) is 14.4 Å². The summed E-state index contributed by atoms with van der Waals surface area (Å²) in [5.41, 5.74) is 0. The van der Waals surface area contributed by atoms with E-state index in [1.165, 1.54) is 0 Å². The summed E-state index contributed by atoms with van der Waals surface area (Å²) in [6.07, 6.45) is 36.5. The second-order valence-corrected chi connectivity index (χ2v) is 9.28. The van der Waals surface area contributed by atoms with E-state index in [0.717, 1.165) is 70.6 Å². The summed E-state index contributed by atoms with van der Waals surface area (Å²) in [5, 5.41) is 10.9. The average molecular weight is 542 g/mol. The summed E-state index contributed by atoms with van der Waals surface area (Å²) >= 11 is 0. The lowest BCUT2D eigenvalue weighted by atomic mass is 10.1. The van der Waals surface area contributed by atoms with Crippen molar-refractivity contribution in [2.45, 2.75) is 110 Å². The van der Waals surface area contributed by atoms with Crippen LogP contribution in [-0.2, 0) is 19.1 Å². The van der Waals surface area contributed by atoms with Crippen LogP contribution in [0.25, 0.3) is 0 Å². The number of ether oxygens (including phenoxy) is 1. The van der Waals surface area contributed by atoms with Crippen molar-refractivity contribution in [1.82, 2.24) is 5.32 Å². The number of carbonyl (C=O) groups is 3. The van der Waals surface area contributed by atoms with Crippen LogP contribution in [0.2, 0.25) is 0 Å². The van der Waals surface area contributed by atoms with Crippen molar-refractivity contribution in [1.29, 1.82) is 0 Å². The van der Waals surface area contributed by atoms with E-state index >= 15 is 0 Å². The zero-order valence-corrected chi connectivity index (χ0v) is 24.2. The van der Waals surface area contributed by atoms with Gasteiger partial charge in [0.25, 0.3) is 0 Å². The quantitative estimate of drug-likeness (QED) is 0.0735. The number of aliphatic carboxylic acids is 1. The highest BCUT2D eigenvalue weighted by atomic mass is 16.5. The molecule has 0 aliphatic heterocycles.